The van der Waals surface area contributed by atoms with Gasteiger partial charge >= 0.3 is 0 Å². The van der Waals surface area contributed by atoms with Gasteiger partial charge in [-0.05, 0) is 24.6 Å². The molecule has 0 saturated heterocycles. The highest BCUT2D eigenvalue weighted by molar-refractivity contribution is 6.30. The van der Waals surface area contributed by atoms with Gasteiger partial charge in [0.1, 0.15) is 5.75 Å². The molecule has 14 heavy (non-hydrogen) atoms. The lowest BCUT2D eigenvalue weighted by atomic mass is 10.2. The number of hydrogen-bond acceptors (Lipinski definition) is 3. The van der Waals surface area contributed by atoms with Crippen molar-refractivity contribution in [2.45, 2.75) is 13.3 Å². The van der Waals surface area contributed by atoms with E-state index in [0.717, 1.165) is 17.7 Å². The van der Waals surface area contributed by atoms with Gasteiger partial charge in [-0.2, -0.15) is 5.10 Å². The highest BCUT2D eigenvalue weighted by Gasteiger charge is 2.01. The summed E-state index contributed by atoms with van der Waals surface area (Å²) >= 11 is 5.83. The van der Waals surface area contributed by atoms with E-state index >= 15 is 0 Å². The normalized spacial score (nSPS) is 10.7. The third-order valence-corrected chi connectivity index (χ3v) is 1.88. The van der Waals surface area contributed by atoms with E-state index in [9.17, 15) is 0 Å². The van der Waals surface area contributed by atoms with E-state index < -0.39 is 0 Å². The molecule has 2 N–H and O–H groups in total. The van der Waals surface area contributed by atoms with Gasteiger partial charge in [0.15, 0.2) is 0 Å². The van der Waals surface area contributed by atoms with Gasteiger partial charge in [-0.3, -0.25) is 0 Å². The molecule has 1 aromatic rings. The van der Waals surface area contributed by atoms with Crippen LogP contribution in [0.3, 0.4) is 0 Å². The van der Waals surface area contributed by atoms with Crippen LogP contribution in [0.15, 0.2) is 23.3 Å². The number of nitrogens with two attached hydrogens (primary N) is 1. The smallest absolute Gasteiger partial charge is 0.128 e. The lowest BCUT2D eigenvalue weighted by Gasteiger charge is -2.07. The minimum Gasteiger partial charge on any atom is -0.493 e. The van der Waals surface area contributed by atoms with Gasteiger partial charge in [0.2, 0.25) is 0 Å². The molecule has 0 atom stereocenters. The number of rotatable bonds is 4. The number of hydrazone groups is 1. The molecular formula is C10H13ClN2O. The summed E-state index contributed by atoms with van der Waals surface area (Å²) in [5.74, 6) is 5.83. The molecule has 0 saturated carbocycles. The number of hydrogen-bond donors (Lipinski definition) is 1. The molecule has 0 amide bonds. The van der Waals surface area contributed by atoms with Crippen molar-refractivity contribution in [3.05, 3.63) is 28.8 Å². The highest BCUT2D eigenvalue weighted by atomic mass is 35.5. The summed E-state index contributed by atoms with van der Waals surface area (Å²) in [6.45, 7) is 2.72. The first-order chi connectivity index (χ1) is 6.77. The first-order valence-electron chi connectivity index (χ1n) is 4.43. The van der Waals surface area contributed by atoms with Crippen molar-refractivity contribution in [2.24, 2.45) is 10.9 Å². The summed E-state index contributed by atoms with van der Waals surface area (Å²) in [4.78, 5) is 0. The second kappa shape index (κ2) is 5.50. The lowest BCUT2D eigenvalue weighted by Crippen LogP contribution is -1.99. The summed E-state index contributed by atoms with van der Waals surface area (Å²) < 4.78 is 5.49. The largest absolute Gasteiger partial charge is 0.493 e. The maximum absolute atomic E-state index is 5.83. The summed E-state index contributed by atoms with van der Waals surface area (Å²) in [5.41, 5.74) is 0.799. The van der Waals surface area contributed by atoms with Crippen molar-refractivity contribution in [3.63, 3.8) is 0 Å². The Bertz CT molecular complexity index is 326. The number of halogens is 1. The Balaban J connectivity index is 2.90. The standard InChI is InChI=1S/C10H13ClN2O/c1-2-5-14-10-4-3-9(11)6-8(10)7-13-12/h3-4,6-7H,2,5,12H2,1H3. The Hall–Kier alpha value is -1.22. The first-order valence-corrected chi connectivity index (χ1v) is 4.81. The molecule has 0 aliphatic carbocycles. The molecular weight excluding hydrogens is 200 g/mol. The van der Waals surface area contributed by atoms with Crippen molar-refractivity contribution >= 4 is 17.8 Å². The fourth-order valence-corrected chi connectivity index (χ4v) is 1.22. The van der Waals surface area contributed by atoms with Gasteiger partial charge in [-0.1, -0.05) is 18.5 Å². The Morgan fingerprint density at radius 1 is 1.57 bits per heavy atom. The summed E-state index contributed by atoms with van der Waals surface area (Å²) in [5, 5.41) is 4.09. The van der Waals surface area contributed by atoms with Crippen LogP contribution in [0.4, 0.5) is 0 Å². The van der Waals surface area contributed by atoms with Gasteiger partial charge in [0.25, 0.3) is 0 Å². The minimum atomic E-state index is 0.642. The summed E-state index contributed by atoms with van der Waals surface area (Å²) in [7, 11) is 0. The van der Waals surface area contributed by atoms with Crippen molar-refractivity contribution in [1.29, 1.82) is 0 Å². The van der Waals surface area contributed by atoms with E-state index in [1.54, 1.807) is 12.1 Å². The van der Waals surface area contributed by atoms with E-state index in [1.807, 2.05) is 13.0 Å². The Morgan fingerprint density at radius 3 is 3.00 bits per heavy atom. The lowest BCUT2D eigenvalue weighted by molar-refractivity contribution is 0.317. The van der Waals surface area contributed by atoms with Crippen LogP contribution in [0.2, 0.25) is 5.02 Å². The van der Waals surface area contributed by atoms with Crippen molar-refractivity contribution in [3.8, 4) is 5.75 Å². The number of benzene rings is 1. The second-order valence-electron chi connectivity index (χ2n) is 2.81. The SMILES string of the molecule is CCCOc1ccc(Cl)cc1C=NN. The van der Waals surface area contributed by atoms with Crippen LogP contribution >= 0.6 is 11.6 Å². The molecule has 0 spiro atoms. The van der Waals surface area contributed by atoms with Gasteiger partial charge in [-0.15, -0.1) is 0 Å². The van der Waals surface area contributed by atoms with Crippen molar-refractivity contribution < 1.29 is 4.74 Å². The quantitative estimate of drug-likeness (QED) is 0.473. The Morgan fingerprint density at radius 2 is 2.36 bits per heavy atom. The number of ether oxygens (including phenoxy) is 1. The highest BCUT2D eigenvalue weighted by Crippen LogP contribution is 2.21. The third-order valence-electron chi connectivity index (χ3n) is 1.65. The molecule has 1 rings (SSSR count). The maximum Gasteiger partial charge on any atom is 0.128 e. The van der Waals surface area contributed by atoms with Gasteiger partial charge < -0.3 is 10.6 Å². The molecule has 0 fully saturated rings. The van der Waals surface area contributed by atoms with Crippen LogP contribution in [0, 0.1) is 0 Å². The molecule has 0 radical (unpaired) electrons. The van der Waals surface area contributed by atoms with Crippen LogP contribution in [0.5, 0.6) is 5.75 Å². The summed E-state index contributed by atoms with van der Waals surface area (Å²) in [6.07, 6.45) is 2.48. The van der Waals surface area contributed by atoms with E-state index in [4.69, 9.17) is 22.2 Å². The molecule has 3 nitrogen and oxygen atoms in total. The van der Waals surface area contributed by atoms with Crippen LogP contribution in [-0.2, 0) is 0 Å². The molecule has 76 valence electrons. The van der Waals surface area contributed by atoms with E-state index in [1.165, 1.54) is 6.21 Å². The number of nitrogens with zero attached hydrogens (tertiary/aromatic N) is 1. The second-order valence-corrected chi connectivity index (χ2v) is 3.25. The van der Waals surface area contributed by atoms with E-state index in [0.29, 0.717) is 11.6 Å². The Labute approximate surface area is 88.5 Å². The molecule has 4 heteroatoms. The average molecular weight is 213 g/mol. The summed E-state index contributed by atoms with van der Waals surface area (Å²) in [6, 6.07) is 5.36. The zero-order chi connectivity index (χ0) is 10.4. The monoisotopic (exact) mass is 212 g/mol. The van der Waals surface area contributed by atoms with Crippen LogP contribution in [0.1, 0.15) is 18.9 Å². The minimum absolute atomic E-state index is 0.642. The van der Waals surface area contributed by atoms with Crippen molar-refractivity contribution in [2.75, 3.05) is 6.61 Å². The van der Waals surface area contributed by atoms with Gasteiger partial charge in [0.05, 0.1) is 12.8 Å². The van der Waals surface area contributed by atoms with Gasteiger partial charge in [-0.25, -0.2) is 0 Å². The molecule has 0 unspecified atom stereocenters. The first kappa shape index (κ1) is 10.9. The van der Waals surface area contributed by atoms with Crippen LogP contribution < -0.4 is 10.6 Å². The molecule has 1 aromatic carbocycles. The van der Waals surface area contributed by atoms with Crippen LogP contribution in [0.25, 0.3) is 0 Å². The fourth-order valence-electron chi connectivity index (χ4n) is 1.04. The molecule has 0 heterocycles. The average Bonchev–Trinajstić information content (AvgIpc) is 2.17. The van der Waals surface area contributed by atoms with E-state index in [2.05, 4.69) is 5.10 Å². The van der Waals surface area contributed by atoms with Gasteiger partial charge in [0, 0.05) is 10.6 Å². The fraction of sp³-hybridized carbons (Fsp3) is 0.300. The topological polar surface area (TPSA) is 47.6 Å². The predicted molar refractivity (Wildman–Crippen MR) is 59.0 cm³/mol. The predicted octanol–water partition coefficient (Wildman–Crippen LogP) is 2.42. The van der Waals surface area contributed by atoms with Crippen molar-refractivity contribution in [1.82, 2.24) is 0 Å². The molecule has 0 bridgehead atoms. The Kier molecular flexibility index (Phi) is 4.26. The molecule has 0 aliphatic heterocycles. The third kappa shape index (κ3) is 2.92. The van der Waals surface area contributed by atoms with Crippen LogP contribution in [-0.4, -0.2) is 12.8 Å². The van der Waals surface area contributed by atoms with E-state index in [-0.39, 0.29) is 0 Å². The zero-order valence-corrected chi connectivity index (χ0v) is 8.79. The zero-order valence-electron chi connectivity index (χ0n) is 8.03. The molecule has 0 aliphatic rings. The maximum atomic E-state index is 5.83. The molecule has 0 aromatic heterocycles.